The highest BCUT2D eigenvalue weighted by Gasteiger charge is 2.20. The highest BCUT2D eigenvalue weighted by Crippen LogP contribution is 2.26. The number of nitrogens with one attached hydrogen (secondary N) is 1. The number of hydrogen-bond donors (Lipinski definition) is 1. The van der Waals surface area contributed by atoms with Crippen LogP contribution in [0.1, 0.15) is 32.6 Å². The Morgan fingerprint density at radius 2 is 1.56 bits per heavy atom. The third kappa shape index (κ3) is 5.95. The second-order valence-electron chi connectivity index (χ2n) is 7.82. The Hall–Kier alpha value is -3.19. The van der Waals surface area contributed by atoms with Gasteiger partial charge in [0.15, 0.2) is 0 Å². The number of aryl methyl sites for hydroxylation is 1. The van der Waals surface area contributed by atoms with E-state index >= 15 is 0 Å². The molecule has 0 radical (unpaired) electrons. The van der Waals surface area contributed by atoms with Gasteiger partial charge in [-0.2, -0.15) is 0 Å². The summed E-state index contributed by atoms with van der Waals surface area (Å²) in [6.07, 6.45) is 1.79. The van der Waals surface area contributed by atoms with Gasteiger partial charge in [-0.3, -0.25) is 9.10 Å². The molecule has 0 fully saturated rings. The Labute approximate surface area is 188 Å². The van der Waals surface area contributed by atoms with Gasteiger partial charge in [-0.05, 0) is 72.9 Å². The zero-order valence-electron chi connectivity index (χ0n) is 18.4. The largest absolute Gasteiger partial charge is 0.352 e. The van der Waals surface area contributed by atoms with E-state index in [1.54, 1.807) is 42.5 Å². The summed E-state index contributed by atoms with van der Waals surface area (Å²) in [6, 6.07) is 18.7. The number of benzene rings is 3. The number of carbonyl (C=O) groups excluding carboxylic acids is 1. The van der Waals surface area contributed by atoms with Crippen molar-refractivity contribution in [2.75, 3.05) is 17.1 Å². The standard InChI is InChI=1S/C25H27FN2O3S/c1-18-5-4-6-24(19(18)2)28(32(3,30)31)17-21-7-11-22(12-8-21)25(29)27-16-15-20-9-13-23(26)14-10-20/h4-14H,15-17H2,1-3H3,(H,27,29). The topological polar surface area (TPSA) is 66.5 Å². The zero-order chi connectivity index (χ0) is 23.3. The molecule has 0 aliphatic heterocycles. The van der Waals surface area contributed by atoms with E-state index < -0.39 is 10.0 Å². The lowest BCUT2D eigenvalue weighted by Gasteiger charge is -2.25. The molecule has 5 nitrogen and oxygen atoms in total. The van der Waals surface area contributed by atoms with Gasteiger partial charge in [0.1, 0.15) is 5.82 Å². The molecule has 0 heterocycles. The van der Waals surface area contributed by atoms with E-state index in [4.69, 9.17) is 0 Å². The van der Waals surface area contributed by atoms with E-state index in [1.807, 2.05) is 26.0 Å². The summed E-state index contributed by atoms with van der Waals surface area (Å²) in [6.45, 7) is 4.46. The third-order valence-electron chi connectivity index (χ3n) is 5.40. The highest BCUT2D eigenvalue weighted by atomic mass is 32.2. The fourth-order valence-electron chi connectivity index (χ4n) is 3.39. The lowest BCUT2D eigenvalue weighted by molar-refractivity contribution is 0.0954. The summed E-state index contributed by atoms with van der Waals surface area (Å²) in [4.78, 5) is 12.4. The maximum Gasteiger partial charge on any atom is 0.251 e. The highest BCUT2D eigenvalue weighted by molar-refractivity contribution is 7.92. The first-order chi connectivity index (χ1) is 15.1. The molecule has 1 amide bonds. The maximum absolute atomic E-state index is 13.0. The van der Waals surface area contributed by atoms with Crippen LogP contribution in [0.3, 0.4) is 0 Å². The van der Waals surface area contributed by atoms with Crippen LogP contribution in [0.25, 0.3) is 0 Å². The Morgan fingerprint density at radius 3 is 2.19 bits per heavy atom. The summed E-state index contributed by atoms with van der Waals surface area (Å²) < 4.78 is 39.3. The van der Waals surface area contributed by atoms with E-state index in [0.717, 1.165) is 22.3 Å². The summed E-state index contributed by atoms with van der Waals surface area (Å²) in [5.41, 5.74) is 4.79. The lowest BCUT2D eigenvalue weighted by atomic mass is 10.1. The summed E-state index contributed by atoms with van der Waals surface area (Å²) >= 11 is 0. The van der Waals surface area contributed by atoms with Gasteiger partial charge in [-0.15, -0.1) is 0 Å². The fourth-order valence-corrected chi connectivity index (χ4v) is 4.33. The molecule has 3 rings (SSSR count). The van der Waals surface area contributed by atoms with Crippen molar-refractivity contribution in [3.05, 3.63) is 100 Å². The van der Waals surface area contributed by atoms with Gasteiger partial charge in [-0.1, -0.05) is 36.4 Å². The molecule has 0 unspecified atom stereocenters. The number of carbonyl (C=O) groups is 1. The first-order valence-electron chi connectivity index (χ1n) is 10.3. The molecular formula is C25H27FN2O3S. The average molecular weight is 455 g/mol. The summed E-state index contributed by atoms with van der Waals surface area (Å²) in [5.74, 6) is -0.502. The van der Waals surface area contributed by atoms with Gasteiger partial charge in [0, 0.05) is 12.1 Å². The minimum atomic E-state index is -3.49. The second kappa shape index (κ2) is 9.96. The minimum absolute atomic E-state index is 0.176. The lowest BCUT2D eigenvalue weighted by Crippen LogP contribution is -2.30. The predicted octanol–water partition coefficient (Wildman–Crippen LogP) is 4.38. The van der Waals surface area contributed by atoms with Crippen LogP contribution >= 0.6 is 0 Å². The molecule has 32 heavy (non-hydrogen) atoms. The van der Waals surface area contributed by atoms with Crippen LogP contribution in [0, 0.1) is 19.7 Å². The average Bonchev–Trinajstić information content (AvgIpc) is 2.75. The van der Waals surface area contributed by atoms with E-state index in [-0.39, 0.29) is 18.3 Å². The molecular weight excluding hydrogens is 427 g/mol. The molecule has 1 N–H and O–H groups in total. The molecule has 0 saturated carbocycles. The number of sulfonamides is 1. The molecule has 0 spiro atoms. The van der Waals surface area contributed by atoms with Gasteiger partial charge in [0.05, 0.1) is 18.5 Å². The summed E-state index contributed by atoms with van der Waals surface area (Å²) in [7, 11) is -3.49. The number of amides is 1. The van der Waals surface area contributed by atoms with Crippen LogP contribution in [0.4, 0.5) is 10.1 Å². The zero-order valence-corrected chi connectivity index (χ0v) is 19.2. The van der Waals surface area contributed by atoms with E-state index in [2.05, 4.69) is 5.32 Å². The molecule has 7 heteroatoms. The van der Waals surface area contributed by atoms with Gasteiger partial charge in [-0.25, -0.2) is 12.8 Å². The minimum Gasteiger partial charge on any atom is -0.352 e. The van der Waals surface area contributed by atoms with E-state index in [1.165, 1.54) is 22.7 Å². The fraction of sp³-hybridized carbons (Fsp3) is 0.240. The van der Waals surface area contributed by atoms with Crippen molar-refractivity contribution in [1.82, 2.24) is 5.32 Å². The van der Waals surface area contributed by atoms with Crippen LogP contribution < -0.4 is 9.62 Å². The molecule has 0 bridgehead atoms. The Balaban J connectivity index is 1.66. The van der Waals surface area contributed by atoms with E-state index in [9.17, 15) is 17.6 Å². The van der Waals surface area contributed by atoms with Gasteiger partial charge in [0.25, 0.3) is 5.91 Å². The van der Waals surface area contributed by atoms with Crippen LogP contribution in [0.15, 0.2) is 66.7 Å². The maximum atomic E-state index is 13.0. The van der Waals surface area contributed by atoms with Crippen molar-refractivity contribution in [3.8, 4) is 0 Å². The molecule has 3 aromatic rings. The molecule has 3 aromatic carbocycles. The molecule has 0 saturated heterocycles. The molecule has 0 aliphatic carbocycles. The SMILES string of the molecule is Cc1cccc(N(Cc2ccc(C(=O)NCCc3ccc(F)cc3)cc2)S(C)(=O)=O)c1C. The van der Waals surface area contributed by atoms with Crippen molar-refractivity contribution in [2.24, 2.45) is 0 Å². The van der Waals surface area contributed by atoms with Crippen LogP contribution in [0.5, 0.6) is 0 Å². The Morgan fingerprint density at radius 1 is 0.938 bits per heavy atom. The van der Waals surface area contributed by atoms with Crippen LogP contribution in [-0.4, -0.2) is 27.1 Å². The Kier molecular flexibility index (Phi) is 7.30. The van der Waals surface area contributed by atoms with E-state index in [0.29, 0.717) is 24.2 Å². The molecule has 0 aliphatic rings. The molecule has 168 valence electrons. The first kappa shape index (κ1) is 23.5. The second-order valence-corrected chi connectivity index (χ2v) is 9.72. The third-order valence-corrected chi connectivity index (χ3v) is 6.53. The van der Waals surface area contributed by atoms with Gasteiger partial charge >= 0.3 is 0 Å². The number of rotatable bonds is 8. The number of anilines is 1. The van der Waals surface area contributed by atoms with Crippen molar-refractivity contribution < 1.29 is 17.6 Å². The Bertz CT molecular complexity index is 1190. The summed E-state index contributed by atoms with van der Waals surface area (Å²) in [5, 5.41) is 2.85. The normalized spacial score (nSPS) is 11.2. The van der Waals surface area contributed by atoms with Gasteiger partial charge < -0.3 is 5.32 Å². The quantitative estimate of drug-likeness (QED) is 0.549. The van der Waals surface area contributed by atoms with Gasteiger partial charge in [0.2, 0.25) is 10.0 Å². The van der Waals surface area contributed by atoms with Crippen molar-refractivity contribution in [3.63, 3.8) is 0 Å². The van der Waals surface area contributed by atoms with Crippen molar-refractivity contribution in [2.45, 2.75) is 26.8 Å². The number of hydrogen-bond acceptors (Lipinski definition) is 3. The first-order valence-corrected chi connectivity index (χ1v) is 12.2. The van der Waals surface area contributed by atoms with Crippen LogP contribution in [-0.2, 0) is 23.0 Å². The smallest absolute Gasteiger partial charge is 0.251 e. The number of nitrogens with zero attached hydrogens (tertiary/aromatic N) is 1. The molecule has 0 aromatic heterocycles. The molecule has 0 atom stereocenters. The predicted molar refractivity (Wildman–Crippen MR) is 126 cm³/mol. The van der Waals surface area contributed by atoms with Crippen molar-refractivity contribution in [1.29, 1.82) is 0 Å². The van der Waals surface area contributed by atoms with Crippen molar-refractivity contribution >= 4 is 21.6 Å². The van der Waals surface area contributed by atoms with Crippen LogP contribution in [0.2, 0.25) is 0 Å². The number of halogens is 1. The monoisotopic (exact) mass is 454 g/mol.